The van der Waals surface area contributed by atoms with Gasteiger partial charge in [0.25, 0.3) is 0 Å². The minimum atomic E-state index is -0.686. The number of hydrogen-bond donors (Lipinski definition) is 4. The standard InChI is InChI=1S/C49H61N9O6/c1-24(2)40(54-48(61)63-6)46(59)57-30-14-12-28(20-30)42(57)44-50-22-34(52-44)27-10-8-26(9-11-27)32-16-17-33(39-37-19-18-36(38(32)39)56(37)5)35-23-51-45(53-35)43-29-13-15-31(21-29)58(43)47(60)41(25(3)4)55-49(62)64-7/h8-11,16-17,22-25,28-31,36-37,40-43H,12-15,18-21H2,1-7H3,(H,50,52)(H,51,53)(H,54,61)(H,55,62)/t28-,29-,30+,31+,36?,37?,40-,41-,42-,43-/m0/s1. The van der Waals surface area contributed by atoms with Crippen LogP contribution in [0.3, 0.4) is 0 Å². The number of imidazole rings is 2. The highest BCUT2D eigenvalue weighted by Gasteiger charge is 2.53. The number of methoxy groups -OCH3 is 2. The van der Waals surface area contributed by atoms with Crippen LogP contribution in [0.25, 0.3) is 33.6 Å². The average molecular weight is 872 g/mol. The van der Waals surface area contributed by atoms with E-state index in [9.17, 15) is 19.2 Å². The van der Waals surface area contributed by atoms with Crippen LogP contribution in [0.5, 0.6) is 0 Å². The van der Waals surface area contributed by atoms with E-state index in [1.807, 2.05) is 49.9 Å². The first-order valence-corrected chi connectivity index (χ1v) is 23.3. The maximum absolute atomic E-state index is 14.2. The molecule has 6 aliphatic rings. The zero-order valence-corrected chi connectivity index (χ0v) is 37.9. The van der Waals surface area contributed by atoms with Crippen LogP contribution in [0.1, 0.15) is 126 Å². The van der Waals surface area contributed by atoms with Gasteiger partial charge in [0.15, 0.2) is 0 Å². The lowest BCUT2D eigenvalue weighted by atomic mass is 9.82. The molecule has 6 bridgehead atoms. The van der Waals surface area contributed by atoms with Gasteiger partial charge in [-0.15, -0.1) is 0 Å². The number of carbonyl (C=O) groups is 4. The van der Waals surface area contributed by atoms with E-state index in [1.54, 1.807) is 0 Å². The van der Waals surface area contributed by atoms with E-state index in [2.05, 4.69) is 68.9 Å². The van der Waals surface area contributed by atoms with Crippen molar-refractivity contribution in [2.24, 2.45) is 23.7 Å². The summed E-state index contributed by atoms with van der Waals surface area (Å²) in [7, 11) is 4.87. The molecular weight excluding hydrogens is 811 g/mol. The fourth-order valence-electron chi connectivity index (χ4n) is 12.6. The third kappa shape index (κ3) is 6.87. The summed E-state index contributed by atoms with van der Waals surface area (Å²) in [6.45, 7) is 7.77. The number of amides is 4. The molecule has 2 saturated carbocycles. The van der Waals surface area contributed by atoms with Gasteiger partial charge in [-0.05, 0) is 110 Å². The lowest BCUT2D eigenvalue weighted by Gasteiger charge is -2.37. The van der Waals surface area contributed by atoms with Gasteiger partial charge in [0.2, 0.25) is 11.8 Å². The van der Waals surface area contributed by atoms with Crippen LogP contribution in [0, 0.1) is 23.7 Å². The number of aromatic amines is 2. The molecule has 3 saturated heterocycles. The van der Waals surface area contributed by atoms with E-state index in [1.165, 1.54) is 30.9 Å². The van der Waals surface area contributed by atoms with Gasteiger partial charge in [0.05, 0.1) is 50.1 Å². The second-order valence-corrected chi connectivity index (χ2v) is 19.8. The van der Waals surface area contributed by atoms with Gasteiger partial charge < -0.3 is 39.9 Å². The van der Waals surface area contributed by atoms with Crippen LogP contribution in [-0.4, -0.2) is 104 Å². The molecule has 4 aromatic rings. The molecule has 4 N–H and O–H groups in total. The largest absolute Gasteiger partial charge is 0.453 e. The van der Waals surface area contributed by atoms with Gasteiger partial charge in [-0.25, -0.2) is 19.6 Å². The van der Waals surface area contributed by atoms with Crippen LogP contribution < -0.4 is 10.6 Å². The molecule has 5 fully saturated rings. The smallest absolute Gasteiger partial charge is 0.407 e. The van der Waals surface area contributed by atoms with Crippen molar-refractivity contribution in [2.45, 2.75) is 127 Å². The molecule has 2 unspecified atom stereocenters. The number of likely N-dealkylation sites (tertiary alicyclic amines) is 2. The van der Waals surface area contributed by atoms with Crippen molar-refractivity contribution in [3.63, 3.8) is 0 Å². The second kappa shape index (κ2) is 16.4. The molecular formula is C49H61N9O6. The number of alkyl carbamates (subject to hydrolysis) is 2. The van der Waals surface area contributed by atoms with Crippen molar-refractivity contribution in [3.8, 4) is 33.6 Å². The Morgan fingerprint density at radius 3 is 1.58 bits per heavy atom. The van der Waals surface area contributed by atoms with Gasteiger partial charge in [-0.3, -0.25) is 14.5 Å². The molecule has 4 amide bonds. The van der Waals surface area contributed by atoms with Gasteiger partial charge in [0.1, 0.15) is 23.7 Å². The van der Waals surface area contributed by atoms with Crippen molar-refractivity contribution < 1.29 is 28.7 Å². The van der Waals surface area contributed by atoms with Crippen LogP contribution in [-0.2, 0) is 19.1 Å². The van der Waals surface area contributed by atoms with E-state index < -0.39 is 24.3 Å². The molecule has 6 heterocycles. The highest BCUT2D eigenvalue weighted by atomic mass is 16.5. The summed E-state index contributed by atoms with van der Waals surface area (Å²) >= 11 is 0. The number of ether oxygens (including phenoxy) is 2. The number of hydrogen-bond acceptors (Lipinski definition) is 9. The summed E-state index contributed by atoms with van der Waals surface area (Å²) in [6.07, 6.45) is 10.7. The highest BCUT2D eigenvalue weighted by Crippen LogP contribution is 2.58. The second-order valence-electron chi connectivity index (χ2n) is 19.8. The summed E-state index contributed by atoms with van der Waals surface area (Å²) in [6, 6.07) is 12.3. The number of rotatable bonds is 11. The third-order valence-electron chi connectivity index (χ3n) is 15.7. The van der Waals surface area contributed by atoms with Crippen LogP contribution >= 0.6 is 0 Å². The quantitative estimate of drug-likeness (QED) is 0.117. The molecule has 338 valence electrons. The minimum Gasteiger partial charge on any atom is -0.453 e. The maximum Gasteiger partial charge on any atom is 0.407 e. The Bertz CT molecular complexity index is 2460. The topological polar surface area (TPSA) is 178 Å². The molecule has 10 atom stereocenters. The molecule has 2 aliphatic carbocycles. The number of carbonyl (C=O) groups excluding carboxylic acids is 4. The van der Waals surface area contributed by atoms with E-state index in [4.69, 9.17) is 19.4 Å². The fourth-order valence-corrected chi connectivity index (χ4v) is 12.6. The van der Waals surface area contributed by atoms with Crippen molar-refractivity contribution in [2.75, 3.05) is 21.3 Å². The number of aromatic nitrogens is 4. The van der Waals surface area contributed by atoms with Crippen molar-refractivity contribution in [1.82, 2.24) is 45.3 Å². The lowest BCUT2D eigenvalue weighted by molar-refractivity contribution is -0.140. The van der Waals surface area contributed by atoms with Gasteiger partial charge in [-0.2, -0.15) is 0 Å². The zero-order chi connectivity index (χ0) is 44.7. The van der Waals surface area contributed by atoms with E-state index in [0.29, 0.717) is 23.9 Å². The van der Waals surface area contributed by atoms with Crippen molar-refractivity contribution >= 4 is 24.0 Å². The Hall–Kier alpha value is -5.70. The first-order chi connectivity index (χ1) is 30.9. The van der Waals surface area contributed by atoms with Gasteiger partial charge in [0, 0.05) is 29.7 Å². The molecule has 0 spiro atoms. The normalized spacial score (nSPS) is 27.4. The van der Waals surface area contributed by atoms with Crippen LogP contribution in [0.15, 0.2) is 48.8 Å². The van der Waals surface area contributed by atoms with E-state index >= 15 is 0 Å². The highest BCUT2D eigenvalue weighted by molar-refractivity contribution is 5.88. The van der Waals surface area contributed by atoms with E-state index in [0.717, 1.165) is 91.1 Å². The summed E-state index contributed by atoms with van der Waals surface area (Å²) in [5, 5.41) is 5.58. The third-order valence-corrected chi connectivity index (χ3v) is 15.7. The van der Waals surface area contributed by atoms with Gasteiger partial charge >= 0.3 is 12.2 Å². The van der Waals surface area contributed by atoms with E-state index in [-0.39, 0.29) is 47.8 Å². The molecule has 0 radical (unpaired) electrons. The molecule has 15 nitrogen and oxygen atoms in total. The summed E-state index contributed by atoms with van der Waals surface area (Å²) in [5.74, 6) is 1.83. The van der Waals surface area contributed by atoms with Crippen LogP contribution in [0.2, 0.25) is 0 Å². The predicted molar refractivity (Wildman–Crippen MR) is 239 cm³/mol. The summed E-state index contributed by atoms with van der Waals surface area (Å²) < 4.78 is 9.74. The number of fused-ring (bicyclic) bond motifs is 9. The number of piperidine rings is 2. The summed E-state index contributed by atoms with van der Waals surface area (Å²) in [5.41, 5.74) is 9.13. The Morgan fingerprint density at radius 2 is 1.08 bits per heavy atom. The fraction of sp³-hybridized carbons (Fsp3) is 0.551. The molecule has 2 aromatic carbocycles. The van der Waals surface area contributed by atoms with Crippen molar-refractivity contribution in [1.29, 1.82) is 0 Å². The summed E-state index contributed by atoms with van der Waals surface area (Å²) in [4.78, 5) is 76.4. The van der Waals surface area contributed by atoms with Gasteiger partial charge in [-0.1, -0.05) is 64.1 Å². The van der Waals surface area contributed by atoms with Crippen molar-refractivity contribution in [3.05, 3.63) is 71.6 Å². The SMILES string of the molecule is COC(=O)N[C@H](C(=O)N1[C@@H]2CC[C@@H](C2)[C@H]1c1ncc(-c2ccc(-c3ccc(-c4cnc([C@@H]5[C@H]6CC[C@H](C6)N5C(=O)[C@@H](NC(=O)OC)C(C)C)[nH]4)c4c3C3CCC4N3C)cc2)[nH]1)C(C)C. The minimum absolute atomic E-state index is 0.0795. The Morgan fingerprint density at radius 1 is 0.625 bits per heavy atom. The Kier molecular flexibility index (Phi) is 10.8. The lowest BCUT2D eigenvalue weighted by Crippen LogP contribution is -2.54. The monoisotopic (exact) mass is 871 g/mol. The molecule has 10 rings (SSSR count). The molecule has 2 aromatic heterocycles. The Balaban J connectivity index is 0.914. The first-order valence-electron chi connectivity index (χ1n) is 23.3. The first kappa shape index (κ1) is 42.3. The van der Waals surface area contributed by atoms with Crippen LogP contribution in [0.4, 0.5) is 9.59 Å². The predicted octanol–water partition coefficient (Wildman–Crippen LogP) is 7.82. The number of H-pyrrole nitrogens is 2. The zero-order valence-electron chi connectivity index (χ0n) is 37.9. The maximum atomic E-state index is 14.2. The number of nitrogens with zero attached hydrogens (tertiary/aromatic N) is 5. The molecule has 4 aliphatic heterocycles. The molecule has 15 heteroatoms. The average Bonchev–Trinajstić information content (AvgIpc) is 4.17. The number of nitrogens with one attached hydrogen (secondary N) is 4. The molecule has 64 heavy (non-hydrogen) atoms. The number of benzene rings is 2. The Labute approximate surface area is 374 Å².